The molecule has 1 saturated carbocycles. The lowest BCUT2D eigenvalue weighted by atomic mass is 9.90. The van der Waals surface area contributed by atoms with Gasteiger partial charge in [0.1, 0.15) is 16.6 Å². The Morgan fingerprint density at radius 2 is 2.13 bits per heavy atom. The van der Waals surface area contributed by atoms with Crippen LogP contribution < -0.4 is 0 Å². The minimum atomic E-state index is -0.431. The van der Waals surface area contributed by atoms with Gasteiger partial charge in [0.25, 0.3) is 5.91 Å². The number of thioether (sulfide) groups is 2. The van der Waals surface area contributed by atoms with E-state index in [-0.39, 0.29) is 11.4 Å². The van der Waals surface area contributed by atoms with E-state index in [1.54, 1.807) is 18.4 Å². The third-order valence-corrected chi connectivity index (χ3v) is 7.25. The average Bonchev–Trinajstić information content (AvgIpc) is 3.51. The Kier molecular flexibility index (Phi) is 5.39. The van der Waals surface area contributed by atoms with E-state index >= 15 is 0 Å². The lowest BCUT2D eigenvalue weighted by Crippen LogP contribution is -2.35. The molecule has 0 unspecified atom stereocenters. The number of hydrazone groups is 1. The van der Waals surface area contributed by atoms with Gasteiger partial charge >= 0.3 is 0 Å². The van der Waals surface area contributed by atoms with Crippen molar-refractivity contribution in [3.8, 4) is 0 Å². The summed E-state index contributed by atoms with van der Waals surface area (Å²) in [5.41, 5.74) is 0.185. The predicted molar refractivity (Wildman–Crippen MR) is 119 cm³/mol. The maximum Gasteiger partial charge on any atom is 0.283 e. The third-order valence-electron chi connectivity index (χ3n) is 5.25. The predicted octanol–water partition coefficient (Wildman–Crippen LogP) is 5.36. The van der Waals surface area contributed by atoms with Crippen molar-refractivity contribution in [3.63, 3.8) is 0 Å². The van der Waals surface area contributed by atoms with Gasteiger partial charge in [0.15, 0.2) is 10.9 Å². The van der Waals surface area contributed by atoms with E-state index in [0.717, 1.165) is 23.6 Å². The molecule has 0 saturated heterocycles. The second kappa shape index (κ2) is 8.31. The van der Waals surface area contributed by atoms with Crippen LogP contribution in [0.4, 0.5) is 0 Å². The van der Waals surface area contributed by atoms with Gasteiger partial charge in [-0.2, -0.15) is 15.1 Å². The van der Waals surface area contributed by atoms with Gasteiger partial charge in [0.2, 0.25) is 5.17 Å². The van der Waals surface area contributed by atoms with Crippen molar-refractivity contribution in [2.24, 2.45) is 16.0 Å². The summed E-state index contributed by atoms with van der Waals surface area (Å²) in [5.74, 6) is 2.05. The maximum atomic E-state index is 12.6. The quantitative estimate of drug-likeness (QED) is 0.496. The lowest BCUT2D eigenvalue weighted by Gasteiger charge is -2.20. The van der Waals surface area contributed by atoms with Crippen LogP contribution in [-0.2, 0) is 10.5 Å². The minimum absolute atomic E-state index is 0.0458. The molecule has 154 valence electrons. The molecule has 0 bridgehead atoms. The first-order chi connectivity index (χ1) is 14.7. The maximum absolute atomic E-state index is 12.6. The van der Waals surface area contributed by atoms with E-state index in [1.807, 2.05) is 18.2 Å². The molecule has 0 spiro atoms. The number of carbonyl (C=O) groups excluding carboxylic acids is 1. The van der Waals surface area contributed by atoms with Gasteiger partial charge in [-0.05, 0) is 54.9 Å². The third kappa shape index (κ3) is 3.91. The highest BCUT2D eigenvalue weighted by atomic mass is 32.2. The molecule has 0 radical (unpaired) electrons. The fourth-order valence-electron chi connectivity index (χ4n) is 3.69. The molecule has 30 heavy (non-hydrogen) atoms. The summed E-state index contributed by atoms with van der Waals surface area (Å²) in [6, 6.07) is 7.39. The molecule has 0 atom stereocenters. The van der Waals surface area contributed by atoms with E-state index < -0.39 is 5.91 Å². The van der Waals surface area contributed by atoms with E-state index in [1.165, 1.54) is 47.8 Å². The molecule has 1 N–H and O–H groups in total. The number of nitrogens with one attached hydrogen (secondary N) is 1. The van der Waals surface area contributed by atoms with Gasteiger partial charge < -0.3 is 8.83 Å². The van der Waals surface area contributed by atoms with Crippen LogP contribution >= 0.6 is 23.5 Å². The van der Waals surface area contributed by atoms with Crippen LogP contribution in [0.2, 0.25) is 0 Å². The molecule has 2 aromatic heterocycles. The Balaban J connectivity index is 1.32. The van der Waals surface area contributed by atoms with Gasteiger partial charge in [-0.1, -0.05) is 31.0 Å². The summed E-state index contributed by atoms with van der Waals surface area (Å²) in [7, 11) is 0. The highest BCUT2D eigenvalue weighted by Gasteiger charge is 2.38. The number of amidine groups is 2. The Labute approximate surface area is 182 Å². The highest BCUT2D eigenvalue weighted by Crippen LogP contribution is 2.36. The second-order valence-electron chi connectivity index (χ2n) is 7.32. The Bertz CT molecular complexity index is 1060. The summed E-state index contributed by atoms with van der Waals surface area (Å²) in [4.78, 5) is 16.8. The SMILES string of the molecule is N=C1/C(=C\c2ccc(SCc3ccco3)o2)C(=O)N=C2SC(C3CCCCC3)=NN12. The van der Waals surface area contributed by atoms with Crippen LogP contribution in [0.25, 0.3) is 6.08 Å². The number of fused-ring (bicyclic) bond motifs is 1. The van der Waals surface area contributed by atoms with Crippen LogP contribution in [-0.4, -0.2) is 27.0 Å². The summed E-state index contributed by atoms with van der Waals surface area (Å²) >= 11 is 2.93. The van der Waals surface area contributed by atoms with Gasteiger partial charge in [0.05, 0.1) is 17.6 Å². The molecule has 1 amide bonds. The van der Waals surface area contributed by atoms with Crippen LogP contribution in [0.3, 0.4) is 0 Å². The topological polar surface area (TPSA) is 95.2 Å². The molecule has 1 fully saturated rings. The molecule has 1 aliphatic carbocycles. The summed E-state index contributed by atoms with van der Waals surface area (Å²) in [5, 5.41) is 16.8. The largest absolute Gasteiger partial charge is 0.468 e. The molecule has 2 aliphatic heterocycles. The molecule has 9 heteroatoms. The lowest BCUT2D eigenvalue weighted by molar-refractivity contribution is -0.114. The van der Waals surface area contributed by atoms with Gasteiger partial charge in [0, 0.05) is 5.92 Å². The summed E-state index contributed by atoms with van der Waals surface area (Å²) in [6.07, 6.45) is 9.12. The Hall–Kier alpha value is -2.52. The van der Waals surface area contributed by atoms with Crippen molar-refractivity contribution in [1.29, 1.82) is 5.41 Å². The van der Waals surface area contributed by atoms with E-state index in [2.05, 4.69) is 10.1 Å². The average molecular weight is 441 g/mol. The standard InChI is InChI=1S/C21H20N4O3S2/c22-18-16(11-14-8-9-17(28-14)29-12-15-7-4-10-27-15)19(26)23-21-25(18)24-20(30-21)13-5-2-1-3-6-13/h4,7-11,13,22H,1-3,5-6,12H2/b16-11+,22-18?. The van der Waals surface area contributed by atoms with E-state index in [4.69, 9.17) is 14.2 Å². The number of hydrogen-bond acceptors (Lipinski definition) is 7. The number of carbonyl (C=O) groups is 1. The van der Waals surface area contributed by atoms with Crippen molar-refractivity contribution in [3.05, 3.63) is 47.6 Å². The van der Waals surface area contributed by atoms with Crippen molar-refractivity contribution in [2.45, 2.75) is 42.9 Å². The van der Waals surface area contributed by atoms with E-state index in [9.17, 15) is 4.79 Å². The number of amides is 1. The zero-order valence-corrected chi connectivity index (χ0v) is 17.8. The van der Waals surface area contributed by atoms with Gasteiger partial charge in [-0.15, -0.1) is 0 Å². The minimum Gasteiger partial charge on any atom is -0.468 e. The number of furan rings is 2. The summed E-state index contributed by atoms with van der Waals surface area (Å²) < 4.78 is 11.1. The van der Waals surface area contributed by atoms with Crippen molar-refractivity contribution >= 4 is 51.6 Å². The molecule has 0 aromatic carbocycles. The van der Waals surface area contributed by atoms with Crippen LogP contribution in [0.1, 0.15) is 43.6 Å². The molecule has 4 heterocycles. The van der Waals surface area contributed by atoms with Crippen molar-refractivity contribution in [2.75, 3.05) is 0 Å². The fraction of sp³-hybridized carbons (Fsp3) is 0.333. The molecular formula is C21H20N4O3S2. The van der Waals surface area contributed by atoms with Gasteiger partial charge in [-0.25, -0.2) is 0 Å². The van der Waals surface area contributed by atoms with Crippen LogP contribution in [0, 0.1) is 11.3 Å². The van der Waals surface area contributed by atoms with Gasteiger partial charge in [-0.3, -0.25) is 10.2 Å². The van der Waals surface area contributed by atoms with Crippen molar-refractivity contribution in [1.82, 2.24) is 5.01 Å². The van der Waals surface area contributed by atoms with Crippen molar-refractivity contribution < 1.29 is 13.6 Å². The number of nitrogens with zero attached hydrogens (tertiary/aromatic N) is 3. The van der Waals surface area contributed by atoms with E-state index in [0.29, 0.717) is 27.7 Å². The monoisotopic (exact) mass is 440 g/mol. The highest BCUT2D eigenvalue weighted by molar-refractivity contribution is 8.27. The number of hydrogen-bond donors (Lipinski definition) is 1. The normalized spacial score (nSPS) is 21.2. The molecule has 2 aromatic rings. The molecular weight excluding hydrogens is 420 g/mol. The number of rotatable bonds is 5. The first-order valence-corrected chi connectivity index (χ1v) is 11.7. The smallest absolute Gasteiger partial charge is 0.283 e. The molecule has 7 nitrogen and oxygen atoms in total. The molecule has 3 aliphatic rings. The number of aliphatic imine (C=N–C) groups is 1. The Morgan fingerprint density at radius 3 is 2.93 bits per heavy atom. The summed E-state index contributed by atoms with van der Waals surface area (Å²) in [6.45, 7) is 0. The zero-order chi connectivity index (χ0) is 20.5. The first-order valence-electron chi connectivity index (χ1n) is 9.92. The van der Waals surface area contributed by atoms with Crippen LogP contribution in [0.5, 0.6) is 0 Å². The Morgan fingerprint density at radius 1 is 1.27 bits per heavy atom. The first kappa shape index (κ1) is 19.4. The van der Waals surface area contributed by atoms with Crippen LogP contribution in [0.15, 0.2) is 60.1 Å². The zero-order valence-electron chi connectivity index (χ0n) is 16.2. The fourth-order valence-corrected chi connectivity index (χ4v) is 5.52. The molecule has 5 rings (SSSR count). The second-order valence-corrected chi connectivity index (χ2v) is 9.29.